The Kier molecular flexibility index (Phi) is 4.30. The van der Waals surface area contributed by atoms with Crippen LogP contribution < -0.4 is 0 Å². The lowest BCUT2D eigenvalue weighted by Gasteiger charge is -2.05. The summed E-state index contributed by atoms with van der Waals surface area (Å²) in [5, 5.41) is 3.33. The van der Waals surface area contributed by atoms with Crippen molar-refractivity contribution in [2.45, 2.75) is 19.5 Å². The monoisotopic (exact) mass is 298 g/mol. The van der Waals surface area contributed by atoms with Gasteiger partial charge in [-0.15, -0.1) is 0 Å². The van der Waals surface area contributed by atoms with Gasteiger partial charge in [0, 0.05) is 11.8 Å². The molecule has 21 heavy (non-hydrogen) atoms. The zero-order valence-electron chi connectivity index (χ0n) is 11.2. The van der Waals surface area contributed by atoms with Gasteiger partial charge in [-0.05, 0) is 12.0 Å². The molecule has 1 aromatic carbocycles. The number of nitrogens with zero attached hydrogens (tertiary/aromatic N) is 2. The topological polar surface area (TPSA) is 44.1 Å². The number of hydrogen-bond acceptors (Lipinski definition) is 3. The lowest BCUT2D eigenvalue weighted by Crippen LogP contribution is -2.16. The Morgan fingerprint density at radius 2 is 1.95 bits per heavy atom. The molecule has 0 saturated heterocycles. The molecule has 0 aliphatic carbocycles. The molecular weight excluding hydrogens is 285 g/mol. The summed E-state index contributed by atoms with van der Waals surface area (Å²) in [5.74, 6) is 0. The van der Waals surface area contributed by atoms with Crippen LogP contribution in [0.25, 0.3) is 11.1 Å². The van der Waals surface area contributed by atoms with E-state index in [9.17, 15) is 18.0 Å². The highest BCUT2D eigenvalue weighted by Gasteiger charge is 2.38. The molecule has 0 N–H and O–H groups in total. The molecule has 112 valence electrons. The van der Waals surface area contributed by atoms with Gasteiger partial charge in [-0.2, -0.15) is 23.0 Å². The van der Waals surface area contributed by atoms with Gasteiger partial charge in [0.1, 0.15) is 0 Å². The van der Waals surface area contributed by atoms with Crippen molar-refractivity contribution in [2.24, 2.45) is 0 Å². The Balaban J connectivity index is 2.44. The van der Waals surface area contributed by atoms with E-state index in [2.05, 4.69) is 5.10 Å². The quantitative estimate of drug-likeness (QED) is 0.861. The van der Waals surface area contributed by atoms with Crippen LogP contribution in [0.15, 0.2) is 36.5 Å². The average Bonchev–Trinajstić information content (AvgIpc) is 2.91. The highest BCUT2D eigenvalue weighted by Crippen LogP contribution is 2.35. The van der Waals surface area contributed by atoms with Gasteiger partial charge < -0.3 is 4.74 Å². The summed E-state index contributed by atoms with van der Waals surface area (Å²) >= 11 is 0. The molecule has 0 bridgehead atoms. The van der Waals surface area contributed by atoms with E-state index in [4.69, 9.17) is 4.74 Å². The minimum absolute atomic E-state index is 0.126. The first-order valence-corrected chi connectivity index (χ1v) is 6.33. The van der Waals surface area contributed by atoms with Crippen molar-refractivity contribution >= 4 is 6.09 Å². The number of benzene rings is 1. The van der Waals surface area contributed by atoms with E-state index in [0.29, 0.717) is 16.7 Å². The van der Waals surface area contributed by atoms with E-state index >= 15 is 0 Å². The van der Waals surface area contributed by atoms with Gasteiger partial charge in [0.05, 0.1) is 6.61 Å². The molecule has 0 fully saturated rings. The molecule has 0 unspecified atom stereocenters. The summed E-state index contributed by atoms with van der Waals surface area (Å²) in [5.41, 5.74) is -0.932. The van der Waals surface area contributed by atoms with E-state index < -0.39 is 18.0 Å². The van der Waals surface area contributed by atoms with Crippen LogP contribution in [0.2, 0.25) is 0 Å². The summed E-state index contributed by atoms with van der Waals surface area (Å²) < 4.78 is 44.5. The molecule has 0 aliphatic heterocycles. The molecule has 0 saturated carbocycles. The van der Waals surface area contributed by atoms with Crippen molar-refractivity contribution in [3.05, 3.63) is 42.2 Å². The molecule has 4 nitrogen and oxygen atoms in total. The van der Waals surface area contributed by atoms with Crippen molar-refractivity contribution < 1.29 is 22.7 Å². The Morgan fingerprint density at radius 3 is 2.52 bits per heavy atom. The molecule has 2 rings (SSSR count). The van der Waals surface area contributed by atoms with Crippen LogP contribution in [0.1, 0.15) is 19.0 Å². The lowest BCUT2D eigenvalue weighted by atomic mass is 10.1. The maximum absolute atomic E-state index is 13.0. The van der Waals surface area contributed by atoms with Gasteiger partial charge in [-0.1, -0.05) is 37.3 Å². The number of rotatable bonds is 3. The number of ether oxygens (including phenoxy) is 1. The third kappa shape index (κ3) is 3.42. The Bertz CT molecular complexity index is 621. The number of aromatic nitrogens is 2. The van der Waals surface area contributed by atoms with E-state index in [1.165, 1.54) is 12.1 Å². The normalized spacial score (nSPS) is 11.4. The van der Waals surface area contributed by atoms with Gasteiger partial charge in [0.15, 0.2) is 5.69 Å². The number of alkyl halides is 3. The van der Waals surface area contributed by atoms with E-state index in [1.807, 2.05) is 0 Å². The van der Waals surface area contributed by atoms with Crippen molar-refractivity contribution in [1.82, 2.24) is 9.78 Å². The van der Waals surface area contributed by atoms with Crippen LogP contribution in [0.4, 0.5) is 18.0 Å². The first-order valence-electron chi connectivity index (χ1n) is 6.33. The number of halogens is 3. The first kappa shape index (κ1) is 15.1. The molecule has 1 heterocycles. The van der Waals surface area contributed by atoms with Crippen LogP contribution in [0.5, 0.6) is 0 Å². The smallest absolute Gasteiger partial charge is 0.435 e. The standard InChI is InChI=1S/C14H13F3N2O2/c1-2-8-21-13(20)19-9-11(10-6-4-3-5-7-10)12(18-19)14(15,16)17/h3-7,9H,2,8H2,1H3. The summed E-state index contributed by atoms with van der Waals surface area (Å²) in [4.78, 5) is 11.6. The van der Waals surface area contributed by atoms with Gasteiger partial charge >= 0.3 is 12.3 Å². The molecule has 2 aromatic rings. The fourth-order valence-electron chi connectivity index (χ4n) is 1.76. The van der Waals surface area contributed by atoms with E-state index in [1.54, 1.807) is 25.1 Å². The van der Waals surface area contributed by atoms with Crippen LogP contribution in [0, 0.1) is 0 Å². The third-order valence-corrected chi connectivity index (χ3v) is 2.68. The molecular formula is C14H13F3N2O2. The lowest BCUT2D eigenvalue weighted by molar-refractivity contribution is -0.140. The van der Waals surface area contributed by atoms with Crippen molar-refractivity contribution in [2.75, 3.05) is 6.61 Å². The van der Waals surface area contributed by atoms with Crippen LogP contribution in [-0.4, -0.2) is 22.5 Å². The Labute approximate surface area is 119 Å². The van der Waals surface area contributed by atoms with Crippen LogP contribution in [0.3, 0.4) is 0 Å². The van der Waals surface area contributed by atoms with Gasteiger partial charge in [0.2, 0.25) is 0 Å². The average molecular weight is 298 g/mol. The second-order valence-corrected chi connectivity index (χ2v) is 4.31. The number of carbonyl (C=O) groups excluding carboxylic acids is 1. The second kappa shape index (κ2) is 5.99. The zero-order chi connectivity index (χ0) is 15.5. The largest absolute Gasteiger partial charge is 0.448 e. The summed E-state index contributed by atoms with van der Waals surface area (Å²) in [7, 11) is 0. The highest BCUT2D eigenvalue weighted by atomic mass is 19.4. The number of hydrogen-bond donors (Lipinski definition) is 0. The number of carbonyl (C=O) groups is 1. The molecule has 0 spiro atoms. The maximum Gasteiger partial charge on any atom is 0.435 e. The van der Waals surface area contributed by atoms with Crippen molar-refractivity contribution in [3.8, 4) is 11.1 Å². The molecule has 0 amide bonds. The second-order valence-electron chi connectivity index (χ2n) is 4.31. The predicted molar refractivity (Wildman–Crippen MR) is 69.7 cm³/mol. The van der Waals surface area contributed by atoms with Crippen LogP contribution in [-0.2, 0) is 10.9 Å². The Hall–Kier alpha value is -2.31. The minimum Gasteiger partial charge on any atom is -0.448 e. The molecule has 0 aliphatic rings. The predicted octanol–water partition coefficient (Wildman–Crippen LogP) is 3.96. The minimum atomic E-state index is -4.65. The van der Waals surface area contributed by atoms with Crippen molar-refractivity contribution in [3.63, 3.8) is 0 Å². The fraction of sp³-hybridized carbons (Fsp3) is 0.286. The van der Waals surface area contributed by atoms with Gasteiger partial charge in [-0.25, -0.2) is 4.79 Å². The van der Waals surface area contributed by atoms with E-state index in [0.717, 1.165) is 6.20 Å². The summed E-state index contributed by atoms with van der Waals surface area (Å²) in [6, 6.07) is 7.96. The van der Waals surface area contributed by atoms with Gasteiger partial charge in [-0.3, -0.25) is 0 Å². The zero-order valence-corrected chi connectivity index (χ0v) is 11.2. The van der Waals surface area contributed by atoms with Gasteiger partial charge in [0.25, 0.3) is 0 Å². The Morgan fingerprint density at radius 1 is 1.29 bits per heavy atom. The molecule has 7 heteroatoms. The molecule has 0 radical (unpaired) electrons. The van der Waals surface area contributed by atoms with Crippen molar-refractivity contribution in [1.29, 1.82) is 0 Å². The first-order chi connectivity index (χ1) is 9.93. The SMILES string of the molecule is CCCOC(=O)n1cc(-c2ccccc2)c(C(F)(F)F)n1. The summed E-state index contributed by atoms with van der Waals surface area (Å²) in [6.45, 7) is 1.91. The summed E-state index contributed by atoms with van der Waals surface area (Å²) in [6.07, 6.45) is -3.97. The fourth-order valence-corrected chi connectivity index (χ4v) is 1.76. The maximum atomic E-state index is 13.0. The molecule has 1 aromatic heterocycles. The molecule has 0 atom stereocenters. The van der Waals surface area contributed by atoms with Crippen LogP contribution >= 0.6 is 0 Å². The van der Waals surface area contributed by atoms with E-state index in [-0.39, 0.29) is 12.2 Å². The highest BCUT2D eigenvalue weighted by molar-refractivity contribution is 5.74. The third-order valence-electron chi connectivity index (χ3n) is 2.68.